The first-order valence-corrected chi connectivity index (χ1v) is 10.1. The van der Waals surface area contributed by atoms with E-state index in [2.05, 4.69) is 67.6 Å². The maximum absolute atomic E-state index is 11.4. The lowest BCUT2D eigenvalue weighted by atomic mass is 10.0. The van der Waals surface area contributed by atoms with Gasteiger partial charge in [0.1, 0.15) is 6.10 Å². The maximum Gasteiger partial charge on any atom is 0.302 e. The lowest BCUT2D eigenvalue weighted by molar-refractivity contribution is -0.147. The number of carbonyl (C=O) groups excluding carboxylic acids is 1. The second-order valence-corrected chi connectivity index (χ2v) is 8.95. The van der Waals surface area contributed by atoms with E-state index in [1.165, 1.54) is 30.4 Å². The molecule has 0 radical (unpaired) electrons. The molecule has 0 aliphatic heterocycles. The van der Waals surface area contributed by atoms with Crippen LogP contribution in [0.3, 0.4) is 0 Å². The third-order valence-corrected chi connectivity index (χ3v) is 7.90. The minimum absolute atomic E-state index is 0.00701. The van der Waals surface area contributed by atoms with Crippen LogP contribution >= 0.6 is 7.92 Å². The quantitative estimate of drug-likeness (QED) is 0.601. The van der Waals surface area contributed by atoms with E-state index >= 15 is 0 Å². The van der Waals surface area contributed by atoms with Crippen molar-refractivity contribution < 1.29 is 9.53 Å². The van der Waals surface area contributed by atoms with E-state index in [0.29, 0.717) is 11.6 Å². The average molecular weight is 340 g/mol. The summed E-state index contributed by atoms with van der Waals surface area (Å²) < 4.78 is 5.56. The Kier molecular flexibility index (Phi) is 5.68. The summed E-state index contributed by atoms with van der Waals surface area (Å²) in [5.41, 5.74) is 0.569. The summed E-state index contributed by atoms with van der Waals surface area (Å²) in [5, 5.41) is 2.84. The van der Waals surface area contributed by atoms with Crippen molar-refractivity contribution in [2.75, 3.05) is 0 Å². The second kappa shape index (κ2) is 7.94. The fourth-order valence-corrected chi connectivity index (χ4v) is 7.16. The van der Waals surface area contributed by atoms with Crippen molar-refractivity contribution in [3.63, 3.8) is 0 Å². The molecule has 2 aromatic carbocycles. The molecule has 24 heavy (non-hydrogen) atoms. The summed E-state index contributed by atoms with van der Waals surface area (Å²) in [4.78, 5) is 11.4. The molecule has 126 valence electrons. The topological polar surface area (TPSA) is 26.3 Å². The molecule has 1 aliphatic rings. The smallest absolute Gasteiger partial charge is 0.302 e. The standard InChI is InChI=1S/C21H25O2P/c1-16(23-17(2)22)20-14-9-15-21(20)24(18-10-5-3-6-11-18)19-12-7-4-8-13-19/h3-8,10-13,16,20-21H,9,14-15H2,1-2H3/t16-,20?,21+/m0/s1. The number of benzene rings is 2. The molecule has 0 saturated heterocycles. The highest BCUT2D eigenvalue weighted by atomic mass is 31.1. The first-order chi connectivity index (χ1) is 11.7. The molecule has 0 heterocycles. The summed E-state index contributed by atoms with van der Waals surface area (Å²) in [7, 11) is -0.440. The van der Waals surface area contributed by atoms with Gasteiger partial charge in [-0.25, -0.2) is 0 Å². The molecule has 1 saturated carbocycles. The normalized spacial score (nSPS) is 21.6. The van der Waals surface area contributed by atoms with Crippen LogP contribution in [-0.4, -0.2) is 17.7 Å². The largest absolute Gasteiger partial charge is 0.463 e. The summed E-state index contributed by atoms with van der Waals surface area (Å²) in [6.07, 6.45) is 3.58. The van der Waals surface area contributed by atoms with Gasteiger partial charge in [-0.3, -0.25) is 4.79 Å². The number of esters is 1. The predicted molar refractivity (Wildman–Crippen MR) is 101 cm³/mol. The van der Waals surface area contributed by atoms with Crippen LogP contribution in [0, 0.1) is 5.92 Å². The monoisotopic (exact) mass is 340 g/mol. The Labute approximate surface area is 146 Å². The highest BCUT2D eigenvalue weighted by molar-refractivity contribution is 7.73. The Hall–Kier alpha value is -1.66. The van der Waals surface area contributed by atoms with E-state index in [4.69, 9.17) is 4.74 Å². The van der Waals surface area contributed by atoms with Gasteiger partial charge in [0.05, 0.1) is 0 Å². The van der Waals surface area contributed by atoms with Crippen LogP contribution in [0.25, 0.3) is 0 Å². The molecule has 3 rings (SSSR count). The van der Waals surface area contributed by atoms with Gasteiger partial charge >= 0.3 is 5.97 Å². The van der Waals surface area contributed by atoms with Crippen molar-refractivity contribution in [2.24, 2.45) is 5.92 Å². The Morgan fingerprint density at radius 3 is 2.04 bits per heavy atom. The van der Waals surface area contributed by atoms with Gasteiger partial charge in [0.2, 0.25) is 0 Å². The first kappa shape index (κ1) is 17.2. The molecule has 1 fully saturated rings. The number of hydrogen-bond donors (Lipinski definition) is 0. The Bertz CT molecular complexity index is 617. The second-order valence-electron chi connectivity index (χ2n) is 6.52. The van der Waals surface area contributed by atoms with Crippen LogP contribution in [0.4, 0.5) is 0 Å². The summed E-state index contributed by atoms with van der Waals surface area (Å²) in [6.45, 7) is 3.57. The molecule has 3 atom stereocenters. The molecule has 2 aromatic rings. The van der Waals surface area contributed by atoms with Crippen molar-refractivity contribution in [3.8, 4) is 0 Å². The molecule has 0 aromatic heterocycles. The van der Waals surface area contributed by atoms with Gasteiger partial charge in [0, 0.05) is 12.8 Å². The van der Waals surface area contributed by atoms with E-state index in [9.17, 15) is 4.79 Å². The number of carbonyl (C=O) groups is 1. The average Bonchev–Trinajstić information content (AvgIpc) is 3.06. The molecule has 2 nitrogen and oxygen atoms in total. The fourth-order valence-electron chi connectivity index (χ4n) is 3.90. The van der Waals surface area contributed by atoms with Crippen LogP contribution in [0.5, 0.6) is 0 Å². The Balaban J connectivity index is 1.94. The van der Waals surface area contributed by atoms with Crippen molar-refractivity contribution in [3.05, 3.63) is 60.7 Å². The Morgan fingerprint density at radius 1 is 1.00 bits per heavy atom. The number of hydrogen-bond acceptors (Lipinski definition) is 2. The lowest BCUT2D eigenvalue weighted by Gasteiger charge is -2.33. The number of rotatable bonds is 5. The van der Waals surface area contributed by atoms with E-state index in [1.54, 1.807) is 0 Å². The maximum atomic E-state index is 11.4. The molecular weight excluding hydrogens is 315 g/mol. The molecular formula is C21H25O2P. The molecule has 1 aliphatic carbocycles. The fraction of sp³-hybridized carbons (Fsp3) is 0.381. The Morgan fingerprint density at radius 2 is 1.54 bits per heavy atom. The van der Waals surface area contributed by atoms with Crippen LogP contribution in [0.1, 0.15) is 33.1 Å². The molecule has 0 spiro atoms. The number of ether oxygens (including phenoxy) is 1. The van der Waals surface area contributed by atoms with Gasteiger partial charge < -0.3 is 4.74 Å². The van der Waals surface area contributed by atoms with Crippen LogP contribution < -0.4 is 10.6 Å². The minimum Gasteiger partial charge on any atom is -0.463 e. The van der Waals surface area contributed by atoms with E-state index in [1.807, 2.05) is 0 Å². The van der Waals surface area contributed by atoms with Crippen LogP contribution in [-0.2, 0) is 9.53 Å². The van der Waals surface area contributed by atoms with Crippen molar-refractivity contribution in [2.45, 2.75) is 44.9 Å². The van der Waals surface area contributed by atoms with E-state index < -0.39 is 7.92 Å². The van der Waals surface area contributed by atoms with Gasteiger partial charge in [-0.2, -0.15) is 0 Å². The zero-order chi connectivity index (χ0) is 16.9. The van der Waals surface area contributed by atoms with Crippen molar-refractivity contribution in [1.82, 2.24) is 0 Å². The summed E-state index contributed by atoms with van der Waals surface area (Å²) in [6, 6.07) is 21.7. The van der Waals surface area contributed by atoms with Gasteiger partial charge in [-0.15, -0.1) is 0 Å². The SMILES string of the molecule is CC(=O)O[C@@H](C)C1CCC[C@H]1P(c1ccccc1)c1ccccc1. The zero-order valence-corrected chi connectivity index (χ0v) is 15.3. The van der Waals surface area contributed by atoms with E-state index in [-0.39, 0.29) is 12.1 Å². The van der Waals surface area contributed by atoms with Gasteiger partial charge in [-0.1, -0.05) is 67.1 Å². The molecule has 1 unspecified atom stereocenters. The van der Waals surface area contributed by atoms with Crippen molar-refractivity contribution in [1.29, 1.82) is 0 Å². The predicted octanol–water partition coefficient (Wildman–Crippen LogP) is 4.24. The first-order valence-electron chi connectivity index (χ1n) is 8.73. The molecule has 0 bridgehead atoms. The van der Waals surface area contributed by atoms with Crippen molar-refractivity contribution >= 4 is 24.5 Å². The van der Waals surface area contributed by atoms with Gasteiger partial charge in [0.25, 0.3) is 0 Å². The lowest BCUT2D eigenvalue weighted by Crippen LogP contribution is -2.32. The minimum atomic E-state index is -0.440. The third kappa shape index (κ3) is 3.87. The summed E-state index contributed by atoms with van der Waals surface area (Å²) in [5.74, 6) is 0.275. The van der Waals surface area contributed by atoms with Gasteiger partial charge in [-0.05, 0) is 44.0 Å². The van der Waals surface area contributed by atoms with Crippen LogP contribution in [0.2, 0.25) is 0 Å². The molecule has 0 N–H and O–H groups in total. The zero-order valence-electron chi connectivity index (χ0n) is 14.4. The summed E-state index contributed by atoms with van der Waals surface area (Å²) >= 11 is 0. The molecule has 3 heteroatoms. The van der Waals surface area contributed by atoms with Crippen LogP contribution in [0.15, 0.2) is 60.7 Å². The highest BCUT2D eigenvalue weighted by Crippen LogP contribution is 2.51. The van der Waals surface area contributed by atoms with Gasteiger partial charge in [0.15, 0.2) is 0 Å². The molecule has 0 amide bonds. The highest BCUT2D eigenvalue weighted by Gasteiger charge is 2.39. The third-order valence-electron chi connectivity index (χ3n) is 4.89. The van der Waals surface area contributed by atoms with E-state index in [0.717, 1.165) is 6.42 Å².